The first kappa shape index (κ1) is 18.8. The molecule has 0 aliphatic carbocycles. The number of nitrogens with one attached hydrogen (secondary N) is 2. The van der Waals surface area contributed by atoms with Crippen LogP contribution in [0, 0.1) is 10.1 Å². The van der Waals surface area contributed by atoms with Crippen LogP contribution in [0.1, 0.15) is 17.4 Å². The average molecular weight is 383 g/mol. The van der Waals surface area contributed by atoms with Crippen LogP contribution >= 0.6 is 0 Å². The van der Waals surface area contributed by atoms with Gasteiger partial charge in [-0.1, -0.05) is 18.2 Å². The van der Waals surface area contributed by atoms with E-state index in [1.807, 2.05) is 13.0 Å². The standard InChI is InChI=1S/C17H17N7O4/c1-2-22-10-14(16(21-22)17(26)19-12-6-4-3-5-7-12)20-15(25)11-23-9-13(8-18-23)24(27)28/h3-10H,2,11H2,1H3,(H,19,26)(H,20,25). The molecule has 0 fully saturated rings. The van der Waals surface area contributed by atoms with Gasteiger partial charge in [0.15, 0.2) is 5.69 Å². The van der Waals surface area contributed by atoms with Gasteiger partial charge in [0.25, 0.3) is 5.91 Å². The van der Waals surface area contributed by atoms with Crippen LogP contribution in [0.5, 0.6) is 0 Å². The third-order valence-electron chi connectivity index (χ3n) is 3.74. The summed E-state index contributed by atoms with van der Waals surface area (Å²) in [4.78, 5) is 34.9. The average Bonchev–Trinajstić information content (AvgIpc) is 3.29. The number of carbonyl (C=O) groups is 2. The Morgan fingerprint density at radius 2 is 1.89 bits per heavy atom. The van der Waals surface area contributed by atoms with Gasteiger partial charge in [-0.3, -0.25) is 29.1 Å². The molecule has 144 valence electrons. The predicted octanol–water partition coefficient (Wildman–Crippen LogP) is 1.90. The number of para-hydroxylation sites is 1. The monoisotopic (exact) mass is 383 g/mol. The summed E-state index contributed by atoms with van der Waals surface area (Å²) in [5, 5.41) is 24.0. The Labute approximate surface area is 159 Å². The molecule has 0 aliphatic rings. The fraction of sp³-hybridized carbons (Fsp3) is 0.176. The van der Waals surface area contributed by atoms with Crippen molar-refractivity contribution in [2.45, 2.75) is 20.0 Å². The van der Waals surface area contributed by atoms with E-state index in [9.17, 15) is 19.7 Å². The van der Waals surface area contributed by atoms with Crippen LogP contribution < -0.4 is 10.6 Å². The summed E-state index contributed by atoms with van der Waals surface area (Å²) in [6.07, 6.45) is 3.75. The summed E-state index contributed by atoms with van der Waals surface area (Å²) in [6, 6.07) is 8.86. The van der Waals surface area contributed by atoms with Gasteiger partial charge in [0.05, 0.1) is 10.6 Å². The number of nitrogens with zero attached hydrogens (tertiary/aromatic N) is 5. The van der Waals surface area contributed by atoms with Crippen molar-refractivity contribution in [2.75, 3.05) is 10.6 Å². The Hall–Kier alpha value is -4.02. The molecule has 3 aromatic rings. The third-order valence-corrected chi connectivity index (χ3v) is 3.74. The van der Waals surface area contributed by atoms with E-state index >= 15 is 0 Å². The second-order valence-corrected chi connectivity index (χ2v) is 5.77. The zero-order valence-corrected chi connectivity index (χ0v) is 14.9. The van der Waals surface area contributed by atoms with Crippen LogP contribution in [0.2, 0.25) is 0 Å². The number of rotatable bonds is 7. The second-order valence-electron chi connectivity index (χ2n) is 5.77. The van der Waals surface area contributed by atoms with Crippen molar-refractivity contribution >= 4 is 28.9 Å². The largest absolute Gasteiger partial charge is 0.321 e. The molecule has 0 spiro atoms. The van der Waals surface area contributed by atoms with Gasteiger partial charge in [0.2, 0.25) is 5.91 Å². The second kappa shape index (κ2) is 8.12. The quantitative estimate of drug-likeness (QED) is 0.472. The van der Waals surface area contributed by atoms with Gasteiger partial charge in [0, 0.05) is 18.4 Å². The maximum Gasteiger partial charge on any atom is 0.307 e. The molecule has 0 saturated heterocycles. The molecule has 0 bridgehead atoms. The summed E-state index contributed by atoms with van der Waals surface area (Å²) in [6.45, 7) is 2.11. The Morgan fingerprint density at radius 1 is 1.14 bits per heavy atom. The van der Waals surface area contributed by atoms with Crippen molar-refractivity contribution in [1.29, 1.82) is 0 Å². The minimum absolute atomic E-state index is 0.0606. The van der Waals surface area contributed by atoms with Crippen LogP contribution in [-0.4, -0.2) is 36.3 Å². The lowest BCUT2D eigenvalue weighted by Crippen LogP contribution is -2.21. The van der Waals surface area contributed by atoms with Crippen LogP contribution in [0.3, 0.4) is 0 Å². The van der Waals surface area contributed by atoms with E-state index in [0.717, 1.165) is 17.1 Å². The Morgan fingerprint density at radius 3 is 2.54 bits per heavy atom. The lowest BCUT2D eigenvalue weighted by Gasteiger charge is -2.06. The zero-order chi connectivity index (χ0) is 20.1. The van der Waals surface area contributed by atoms with Crippen molar-refractivity contribution < 1.29 is 14.5 Å². The summed E-state index contributed by atoms with van der Waals surface area (Å²) < 4.78 is 2.66. The number of aryl methyl sites for hydroxylation is 1. The predicted molar refractivity (Wildman–Crippen MR) is 99.8 cm³/mol. The first-order valence-corrected chi connectivity index (χ1v) is 8.37. The van der Waals surface area contributed by atoms with Gasteiger partial charge >= 0.3 is 5.69 Å². The maximum absolute atomic E-state index is 12.6. The molecule has 2 aromatic heterocycles. The lowest BCUT2D eigenvalue weighted by atomic mass is 10.3. The van der Waals surface area contributed by atoms with Gasteiger partial charge in [0.1, 0.15) is 18.9 Å². The number of anilines is 2. The van der Waals surface area contributed by atoms with Crippen LogP contribution in [-0.2, 0) is 17.9 Å². The highest BCUT2D eigenvalue weighted by Gasteiger charge is 2.19. The van der Waals surface area contributed by atoms with E-state index in [2.05, 4.69) is 20.8 Å². The molecular formula is C17H17N7O4. The van der Waals surface area contributed by atoms with E-state index in [-0.39, 0.29) is 23.6 Å². The lowest BCUT2D eigenvalue weighted by molar-refractivity contribution is -0.385. The van der Waals surface area contributed by atoms with Crippen LogP contribution in [0.4, 0.5) is 17.1 Å². The highest BCUT2D eigenvalue weighted by atomic mass is 16.6. The summed E-state index contributed by atoms with van der Waals surface area (Å²) >= 11 is 0. The van der Waals surface area contributed by atoms with E-state index in [0.29, 0.717) is 12.2 Å². The van der Waals surface area contributed by atoms with E-state index in [1.54, 1.807) is 30.5 Å². The maximum atomic E-state index is 12.6. The summed E-state index contributed by atoms with van der Waals surface area (Å²) in [5.74, 6) is -0.967. The third kappa shape index (κ3) is 4.38. The highest BCUT2D eigenvalue weighted by molar-refractivity contribution is 6.08. The molecule has 0 saturated carbocycles. The van der Waals surface area contributed by atoms with Gasteiger partial charge in [-0.15, -0.1) is 0 Å². The molecule has 11 heteroatoms. The topological polar surface area (TPSA) is 137 Å². The number of hydrogen-bond donors (Lipinski definition) is 2. The zero-order valence-electron chi connectivity index (χ0n) is 14.9. The van der Waals surface area contributed by atoms with Crippen molar-refractivity contribution in [3.8, 4) is 0 Å². The molecule has 2 amide bonds. The normalized spacial score (nSPS) is 10.5. The number of amides is 2. The van der Waals surface area contributed by atoms with E-state index in [1.165, 1.54) is 4.68 Å². The molecule has 0 unspecified atom stereocenters. The molecule has 0 atom stereocenters. The van der Waals surface area contributed by atoms with Crippen LogP contribution in [0.15, 0.2) is 48.9 Å². The van der Waals surface area contributed by atoms with E-state index < -0.39 is 16.7 Å². The fourth-order valence-corrected chi connectivity index (χ4v) is 2.42. The van der Waals surface area contributed by atoms with Crippen molar-refractivity contribution in [1.82, 2.24) is 19.6 Å². The van der Waals surface area contributed by atoms with Gasteiger partial charge in [-0.25, -0.2) is 0 Å². The molecule has 11 nitrogen and oxygen atoms in total. The summed E-state index contributed by atoms with van der Waals surface area (Å²) in [5.41, 5.74) is 0.682. The first-order valence-electron chi connectivity index (χ1n) is 8.37. The SMILES string of the molecule is CCn1cc(NC(=O)Cn2cc([N+](=O)[O-])cn2)c(C(=O)Nc2ccccc2)n1. The first-order chi connectivity index (χ1) is 13.5. The van der Waals surface area contributed by atoms with E-state index in [4.69, 9.17) is 0 Å². The molecule has 3 rings (SSSR count). The number of carbonyl (C=O) groups excluding carboxylic acids is 2. The molecule has 2 N–H and O–H groups in total. The minimum Gasteiger partial charge on any atom is -0.321 e. The highest BCUT2D eigenvalue weighted by Crippen LogP contribution is 2.17. The van der Waals surface area contributed by atoms with Crippen LogP contribution in [0.25, 0.3) is 0 Å². The number of hydrogen-bond acceptors (Lipinski definition) is 6. The molecular weight excluding hydrogens is 366 g/mol. The van der Waals surface area contributed by atoms with Crippen molar-refractivity contribution in [2.24, 2.45) is 0 Å². The number of nitro groups is 1. The smallest absolute Gasteiger partial charge is 0.307 e. The Bertz CT molecular complexity index is 1010. The van der Waals surface area contributed by atoms with Gasteiger partial charge in [-0.05, 0) is 19.1 Å². The number of aromatic nitrogens is 4. The molecule has 0 radical (unpaired) electrons. The van der Waals surface area contributed by atoms with Crippen molar-refractivity contribution in [3.63, 3.8) is 0 Å². The minimum atomic E-state index is -0.599. The molecule has 0 aliphatic heterocycles. The Balaban J connectivity index is 1.73. The Kier molecular flexibility index (Phi) is 5.44. The van der Waals surface area contributed by atoms with Gasteiger partial charge in [-0.2, -0.15) is 10.2 Å². The molecule has 1 aromatic carbocycles. The summed E-state index contributed by atoms with van der Waals surface area (Å²) in [7, 11) is 0. The fourth-order valence-electron chi connectivity index (χ4n) is 2.42. The molecule has 2 heterocycles. The number of benzene rings is 1. The molecule has 28 heavy (non-hydrogen) atoms. The van der Waals surface area contributed by atoms with Crippen molar-refractivity contribution in [3.05, 3.63) is 64.7 Å². The van der Waals surface area contributed by atoms with Gasteiger partial charge < -0.3 is 10.6 Å².